The van der Waals surface area contributed by atoms with Crippen LogP contribution in [0.5, 0.6) is 0 Å². The van der Waals surface area contributed by atoms with E-state index in [1.54, 1.807) is 42.8 Å². The number of hydrogen-bond donors (Lipinski definition) is 0. The second kappa shape index (κ2) is 6.11. The van der Waals surface area contributed by atoms with Crippen LogP contribution in [0.4, 0.5) is 0 Å². The summed E-state index contributed by atoms with van der Waals surface area (Å²) in [4.78, 5) is 30.1. The van der Waals surface area contributed by atoms with E-state index in [0.29, 0.717) is 18.5 Å². The molecule has 2 heterocycles. The maximum Gasteiger partial charge on any atom is 0.349 e. The van der Waals surface area contributed by atoms with Crippen LogP contribution in [0.3, 0.4) is 0 Å². The highest BCUT2D eigenvalue weighted by molar-refractivity contribution is 7.09. The number of carbonyl (C=O) groups is 1. The molecular formula is C16H14N2O3S. The molecular weight excluding hydrogens is 300 g/mol. The van der Waals surface area contributed by atoms with Gasteiger partial charge in [0, 0.05) is 37.0 Å². The van der Waals surface area contributed by atoms with Crippen molar-refractivity contribution >= 4 is 28.2 Å². The number of benzene rings is 1. The second-order valence-corrected chi connectivity index (χ2v) is 5.87. The summed E-state index contributed by atoms with van der Waals surface area (Å²) in [7, 11) is 1.67. The number of likely N-dealkylation sites (N-methyl/N-ethyl adjacent to an activating group) is 1. The number of amides is 1. The quantitative estimate of drug-likeness (QED) is 0.694. The highest BCUT2D eigenvalue weighted by Crippen LogP contribution is 2.14. The summed E-state index contributed by atoms with van der Waals surface area (Å²) in [5, 5.41) is 3.60. The summed E-state index contributed by atoms with van der Waals surface area (Å²) in [6.45, 7) is 0.499. The largest absolute Gasteiger partial charge is 0.422 e. The Hall–Kier alpha value is -2.47. The molecule has 0 radical (unpaired) electrons. The predicted octanol–water partition coefficient (Wildman–Crippen LogP) is 2.56. The number of rotatable bonds is 4. The molecule has 0 saturated heterocycles. The molecule has 6 heteroatoms. The van der Waals surface area contributed by atoms with Gasteiger partial charge in [-0.05, 0) is 12.1 Å². The lowest BCUT2D eigenvalue weighted by atomic mass is 10.1. The lowest BCUT2D eigenvalue weighted by Crippen LogP contribution is -2.32. The third-order valence-corrected chi connectivity index (χ3v) is 4.20. The van der Waals surface area contributed by atoms with Crippen LogP contribution in [0.15, 0.2) is 51.1 Å². The highest BCUT2D eigenvalue weighted by Gasteiger charge is 2.17. The lowest BCUT2D eigenvalue weighted by molar-refractivity contribution is 0.0792. The average molecular weight is 314 g/mol. The first kappa shape index (κ1) is 14.5. The Bertz CT molecular complexity index is 855. The Kier molecular flexibility index (Phi) is 4.02. The van der Waals surface area contributed by atoms with Gasteiger partial charge in [0.1, 0.15) is 11.1 Å². The topological polar surface area (TPSA) is 63.4 Å². The SMILES string of the molecule is CN(CCc1nccs1)C(=O)c1cc2ccccc2oc1=O. The molecule has 3 rings (SSSR count). The Balaban J connectivity index is 1.81. The number of aromatic nitrogens is 1. The first-order valence-electron chi connectivity index (χ1n) is 6.82. The van der Waals surface area contributed by atoms with Crippen LogP contribution < -0.4 is 5.63 Å². The van der Waals surface area contributed by atoms with E-state index >= 15 is 0 Å². The molecule has 0 saturated carbocycles. The van der Waals surface area contributed by atoms with Crippen molar-refractivity contribution in [2.24, 2.45) is 0 Å². The fraction of sp³-hybridized carbons (Fsp3) is 0.188. The monoisotopic (exact) mass is 314 g/mol. The molecule has 1 aromatic carbocycles. The first-order chi connectivity index (χ1) is 10.6. The number of fused-ring (bicyclic) bond motifs is 1. The molecule has 2 aromatic heterocycles. The summed E-state index contributed by atoms with van der Waals surface area (Å²) in [6, 6.07) is 8.72. The van der Waals surface area contributed by atoms with Gasteiger partial charge in [0.2, 0.25) is 0 Å². The van der Waals surface area contributed by atoms with Gasteiger partial charge in [-0.1, -0.05) is 18.2 Å². The fourth-order valence-electron chi connectivity index (χ4n) is 2.16. The fourth-order valence-corrected chi connectivity index (χ4v) is 2.77. The van der Waals surface area contributed by atoms with Crippen molar-refractivity contribution in [2.45, 2.75) is 6.42 Å². The number of carbonyl (C=O) groups excluding carboxylic acids is 1. The Morgan fingerprint density at radius 1 is 1.36 bits per heavy atom. The maximum absolute atomic E-state index is 12.4. The summed E-state index contributed by atoms with van der Waals surface area (Å²) in [5.74, 6) is -0.337. The molecule has 0 unspecified atom stereocenters. The highest BCUT2D eigenvalue weighted by atomic mass is 32.1. The molecule has 3 aromatic rings. The maximum atomic E-state index is 12.4. The van der Waals surface area contributed by atoms with Crippen LogP contribution in [-0.2, 0) is 6.42 Å². The second-order valence-electron chi connectivity index (χ2n) is 4.89. The zero-order valence-electron chi connectivity index (χ0n) is 12.0. The Labute approximate surface area is 130 Å². The minimum Gasteiger partial charge on any atom is -0.422 e. The van der Waals surface area contributed by atoms with E-state index in [-0.39, 0.29) is 11.5 Å². The third kappa shape index (κ3) is 2.92. The van der Waals surface area contributed by atoms with Crippen LogP contribution >= 0.6 is 11.3 Å². The average Bonchev–Trinajstić information content (AvgIpc) is 3.04. The van der Waals surface area contributed by atoms with Gasteiger partial charge in [-0.3, -0.25) is 4.79 Å². The van der Waals surface area contributed by atoms with Gasteiger partial charge in [0.25, 0.3) is 5.91 Å². The van der Waals surface area contributed by atoms with Gasteiger partial charge >= 0.3 is 5.63 Å². The standard InChI is InChI=1S/C16H14N2O3S/c1-18(8-6-14-17-7-9-22-14)15(19)12-10-11-4-2-3-5-13(11)21-16(12)20/h2-5,7,9-10H,6,8H2,1H3. The number of hydrogen-bond acceptors (Lipinski definition) is 5. The molecule has 0 aliphatic rings. The van der Waals surface area contributed by atoms with Gasteiger partial charge in [-0.25, -0.2) is 9.78 Å². The van der Waals surface area contributed by atoms with Crippen LogP contribution in [0.25, 0.3) is 11.0 Å². The molecule has 0 fully saturated rings. The molecule has 0 atom stereocenters. The molecule has 0 N–H and O–H groups in total. The molecule has 22 heavy (non-hydrogen) atoms. The van der Waals surface area contributed by atoms with Crippen LogP contribution in [0.2, 0.25) is 0 Å². The number of thiazole rings is 1. The van der Waals surface area contributed by atoms with Crippen molar-refractivity contribution < 1.29 is 9.21 Å². The van der Waals surface area contributed by atoms with E-state index in [2.05, 4.69) is 4.98 Å². The van der Waals surface area contributed by atoms with E-state index in [0.717, 1.165) is 10.4 Å². The van der Waals surface area contributed by atoms with E-state index in [9.17, 15) is 9.59 Å². The zero-order valence-corrected chi connectivity index (χ0v) is 12.8. The van der Waals surface area contributed by atoms with Gasteiger partial charge in [-0.15, -0.1) is 11.3 Å². The van der Waals surface area contributed by atoms with Crippen LogP contribution in [-0.4, -0.2) is 29.4 Å². The van der Waals surface area contributed by atoms with E-state index in [1.807, 2.05) is 17.5 Å². The smallest absolute Gasteiger partial charge is 0.349 e. The number of nitrogens with zero attached hydrogens (tertiary/aromatic N) is 2. The van der Waals surface area contributed by atoms with Gasteiger partial charge < -0.3 is 9.32 Å². The molecule has 0 spiro atoms. The zero-order chi connectivity index (χ0) is 15.5. The van der Waals surface area contributed by atoms with Crippen LogP contribution in [0.1, 0.15) is 15.4 Å². The minimum absolute atomic E-state index is 0.0559. The van der Waals surface area contributed by atoms with Gasteiger partial charge in [0.05, 0.1) is 5.01 Å². The molecule has 1 amide bonds. The van der Waals surface area contributed by atoms with E-state index in [4.69, 9.17) is 4.42 Å². The van der Waals surface area contributed by atoms with Crippen molar-refractivity contribution in [2.75, 3.05) is 13.6 Å². The summed E-state index contributed by atoms with van der Waals surface area (Å²) in [6.07, 6.45) is 2.40. The molecule has 112 valence electrons. The summed E-state index contributed by atoms with van der Waals surface area (Å²) in [5.41, 5.74) is -0.0698. The Morgan fingerprint density at radius 2 is 2.18 bits per heavy atom. The minimum atomic E-state index is -0.607. The molecule has 0 aliphatic carbocycles. The van der Waals surface area contributed by atoms with Gasteiger partial charge in [0.15, 0.2) is 0 Å². The third-order valence-electron chi connectivity index (χ3n) is 3.36. The van der Waals surface area contributed by atoms with Crippen molar-refractivity contribution in [3.8, 4) is 0 Å². The van der Waals surface area contributed by atoms with Crippen LogP contribution in [0, 0.1) is 0 Å². The van der Waals surface area contributed by atoms with Crippen molar-refractivity contribution in [1.82, 2.24) is 9.88 Å². The normalized spacial score (nSPS) is 10.8. The van der Waals surface area contributed by atoms with Crippen molar-refractivity contribution in [3.63, 3.8) is 0 Å². The first-order valence-corrected chi connectivity index (χ1v) is 7.70. The van der Waals surface area contributed by atoms with Crippen molar-refractivity contribution in [1.29, 1.82) is 0 Å². The molecule has 0 bridgehead atoms. The summed E-state index contributed by atoms with van der Waals surface area (Å²) < 4.78 is 5.20. The summed E-state index contributed by atoms with van der Waals surface area (Å²) >= 11 is 1.55. The lowest BCUT2D eigenvalue weighted by Gasteiger charge is -2.15. The van der Waals surface area contributed by atoms with E-state index in [1.165, 1.54) is 4.90 Å². The van der Waals surface area contributed by atoms with Crippen molar-refractivity contribution in [3.05, 3.63) is 62.9 Å². The number of para-hydroxylation sites is 1. The Morgan fingerprint density at radius 3 is 2.95 bits per heavy atom. The predicted molar refractivity (Wildman–Crippen MR) is 85.3 cm³/mol. The van der Waals surface area contributed by atoms with E-state index < -0.39 is 5.63 Å². The van der Waals surface area contributed by atoms with Gasteiger partial charge in [-0.2, -0.15) is 0 Å². The molecule has 5 nitrogen and oxygen atoms in total. The molecule has 0 aliphatic heterocycles.